The Kier molecular flexibility index (Phi) is 4.14. The molecule has 0 unspecified atom stereocenters. The Balaban J connectivity index is 2.34. The molecular formula is C12H10Br2ClN3. The molecule has 1 aromatic heterocycles. The Hall–Kier alpha value is -0.780. The number of nitrogens with one attached hydrogen (secondary N) is 1. The lowest BCUT2D eigenvalue weighted by molar-refractivity contribution is 1.25. The average molecular weight is 391 g/mol. The van der Waals surface area contributed by atoms with Crippen molar-refractivity contribution in [2.75, 3.05) is 11.1 Å². The van der Waals surface area contributed by atoms with Crippen LogP contribution < -0.4 is 11.1 Å². The Morgan fingerprint density at radius 2 is 2.06 bits per heavy atom. The molecule has 0 aliphatic heterocycles. The van der Waals surface area contributed by atoms with Crippen molar-refractivity contribution in [2.24, 2.45) is 0 Å². The fourth-order valence-corrected chi connectivity index (χ4v) is 2.32. The van der Waals surface area contributed by atoms with E-state index in [1.54, 1.807) is 6.20 Å². The number of hydrogen-bond donors (Lipinski definition) is 2. The van der Waals surface area contributed by atoms with Crippen molar-refractivity contribution in [1.82, 2.24) is 4.98 Å². The number of pyridine rings is 1. The van der Waals surface area contributed by atoms with Crippen molar-refractivity contribution >= 4 is 60.7 Å². The smallest absolute Gasteiger partial charge is 0.145 e. The summed E-state index contributed by atoms with van der Waals surface area (Å²) in [6.07, 6.45) is 1.63. The number of rotatable bonds is 2. The van der Waals surface area contributed by atoms with Crippen molar-refractivity contribution in [3.63, 3.8) is 0 Å². The van der Waals surface area contributed by atoms with Gasteiger partial charge >= 0.3 is 0 Å². The van der Waals surface area contributed by atoms with Crippen LogP contribution in [0.15, 0.2) is 33.3 Å². The van der Waals surface area contributed by atoms with E-state index >= 15 is 0 Å². The molecule has 94 valence electrons. The van der Waals surface area contributed by atoms with Gasteiger partial charge in [0.2, 0.25) is 0 Å². The number of aromatic nitrogens is 1. The van der Waals surface area contributed by atoms with Gasteiger partial charge in [0, 0.05) is 10.2 Å². The minimum atomic E-state index is 0.657. The molecule has 1 heterocycles. The lowest BCUT2D eigenvalue weighted by Crippen LogP contribution is -1.99. The van der Waals surface area contributed by atoms with E-state index in [2.05, 4.69) is 42.2 Å². The molecule has 0 saturated carbocycles. The number of hydrogen-bond acceptors (Lipinski definition) is 3. The van der Waals surface area contributed by atoms with Gasteiger partial charge in [-0.1, -0.05) is 11.6 Å². The topological polar surface area (TPSA) is 50.9 Å². The van der Waals surface area contributed by atoms with E-state index in [4.69, 9.17) is 17.3 Å². The number of anilines is 3. The van der Waals surface area contributed by atoms with Gasteiger partial charge in [0.1, 0.15) is 5.82 Å². The van der Waals surface area contributed by atoms with Crippen molar-refractivity contribution in [3.8, 4) is 0 Å². The fraction of sp³-hybridized carbons (Fsp3) is 0.0833. The van der Waals surface area contributed by atoms with E-state index in [-0.39, 0.29) is 0 Å². The average Bonchev–Trinajstić information content (AvgIpc) is 2.34. The minimum Gasteiger partial charge on any atom is -0.397 e. The zero-order chi connectivity index (χ0) is 13.3. The quantitative estimate of drug-likeness (QED) is 0.766. The Labute approximate surface area is 127 Å². The van der Waals surface area contributed by atoms with Gasteiger partial charge in [-0.15, -0.1) is 0 Å². The van der Waals surface area contributed by atoms with Gasteiger partial charge in [0.05, 0.1) is 21.4 Å². The summed E-state index contributed by atoms with van der Waals surface area (Å²) in [5.74, 6) is 0.718. The predicted octanol–water partition coefficient (Wildman–Crippen LogP) is 4.89. The lowest BCUT2D eigenvalue weighted by atomic mass is 10.2. The van der Waals surface area contributed by atoms with E-state index in [1.165, 1.54) is 0 Å². The first-order chi connectivity index (χ1) is 8.49. The predicted molar refractivity (Wildman–Crippen MR) is 83.5 cm³/mol. The number of benzene rings is 1. The molecule has 0 radical (unpaired) electrons. The molecular weight excluding hydrogens is 381 g/mol. The molecule has 3 N–H and O–H groups in total. The highest BCUT2D eigenvalue weighted by Crippen LogP contribution is 2.32. The molecule has 0 fully saturated rings. The highest BCUT2D eigenvalue weighted by atomic mass is 79.9. The highest BCUT2D eigenvalue weighted by Gasteiger charge is 2.08. The van der Waals surface area contributed by atoms with Crippen LogP contribution in [0.25, 0.3) is 0 Å². The maximum absolute atomic E-state index is 5.94. The van der Waals surface area contributed by atoms with E-state index in [9.17, 15) is 0 Å². The van der Waals surface area contributed by atoms with E-state index in [0.717, 1.165) is 26.0 Å². The van der Waals surface area contributed by atoms with Crippen LogP contribution in [-0.2, 0) is 0 Å². The van der Waals surface area contributed by atoms with Crippen molar-refractivity contribution in [3.05, 3.63) is 43.9 Å². The number of nitrogens with two attached hydrogens (primary N) is 1. The second kappa shape index (κ2) is 5.47. The van der Waals surface area contributed by atoms with Crippen molar-refractivity contribution in [1.29, 1.82) is 0 Å². The van der Waals surface area contributed by atoms with E-state index in [0.29, 0.717) is 10.7 Å². The molecule has 6 heteroatoms. The van der Waals surface area contributed by atoms with Gasteiger partial charge in [0.25, 0.3) is 0 Å². The Morgan fingerprint density at radius 3 is 2.72 bits per heavy atom. The van der Waals surface area contributed by atoms with Crippen LogP contribution in [0.4, 0.5) is 17.2 Å². The first-order valence-corrected chi connectivity index (χ1v) is 7.08. The third-order valence-corrected chi connectivity index (χ3v) is 4.67. The van der Waals surface area contributed by atoms with Gasteiger partial charge in [-0.3, -0.25) is 0 Å². The highest BCUT2D eigenvalue weighted by molar-refractivity contribution is 9.11. The summed E-state index contributed by atoms with van der Waals surface area (Å²) < 4.78 is 1.69. The number of nitrogens with zero attached hydrogens (tertiary/aromatic N) is 1. The van der Waals surface area contributed by atoms with Gasteiger partial charge in [-0.2, -0.15) is 0 Å². The van der Waals surface area contributed by atoms with Gasteiger partial charge in [-0.05, 0) is 62.5 Å². The molecule has 3 nitrogen and oxygen atoms in total. The molecule has 2 rings (SSSR count). The second-order valence-corrected chi connectivity index (χ2v) is 5.81. The maximum atomic E-state index is 5.94. The van der Waals surface area contributed by atoms with Crippen LogP contribution in [0.3, 0.4) is 0 Å². The maximum Gasteiger partial charge on any atom is 0.145 e. The van der Waals surface area contributed by atoms with E-state index in [1.807, 2.05) is 25.1 Å². The van der Waals surface area contributed by atoms with Crippen LogP contribution in [0, 0.1) is 6.92 Å². The molecule has 18 heavy (non-hydrogen) atoms. The Bertz CT molecular complexity index is 602. The summed E-state index contributed by atoms with van der Waals surface area (Å²) in [6, 6.07) is 5.58. The number of nitrogen functional groups attached to an aromatic ring is 1. The second-order valence-electron chi connectivity index (χ2n) is 3.76. The van der Waals surface area contributed by atoms with Crippen LogP contribution in [0.1, 0.15) is 5.56 Å². The van der Waals surface area contributed by atoms with Crippen LogP contribution in [0.5, 0.6) is 0 Å². The molecule has 0 saturated heterocycles. The van der Waals surface area contributed by atoms with Gasteiger partial charge in [0.15, 0.2) is 0 Å². The van der Waals surface area contributed by atoms with Gasteiger partial charge in [-0.25, -0.2) is 4.98 Å². The van der Waals surface area contributed by atoms with Crippen molar-refractivity contribution < 1.29 is 0 Å². The first-order valence-electron chi connectivity index (χ1n) is 5.11. The molecule has 0 aliphatic rings. The van der Waals surface area contributed by atoms with Crippen LogP contribution in [0.2, 0.25) is 5.02 Å². The molecule has 1 aromatic carbocycles. The van der Waals surface area contributed by atoms with Crippen molar-refractivity contribution in [2.45, 2.75) is 6.92 Å². The molecule has 0 bridgehead atoms. The third-order valence-electron chi connectivity index (χ3n) is 2.49. The largest absolute Gasteiger partial charge is 0.397 e. The summed E-state index contributed by atoms with van der Waals surface area (Å²) in [7, 11) is 0. The molecule has 0 amide bonds. The standard InChI is InChI=1S/C12H10Br2ClN3/c1-6-10(16)5-17-12(11(6)14)18-7-2-3-9(15)8(13)4-7/h2-5H,16H2,1H3,(H,17,18). The minimum absolute atomic E-state index is 0.657. The summed E-state index contributed by atoms with van der Waals surface area (Å²) in [4.78, 5) is 4.25. The third kappa shape index (κ3) is 2.79. The number of halogens is 3. The molecule has 0 spiro atoms. The SMILES string of the molecule is Cc1c(N)cnc(Nc2ccc(Cl)c(Br)c2)c1Br. The van der Waals surface area contributed by atoms with E-state index < -0.39 is 0 Å². The lowest BCUT2D eigenvalue weighted by Gasteiger charge is -2.11. The monoisotopic (exact) mass is 389 g/mol. The zero-order valence-corrected chi connectivity index (χ0v) is 13.4. The summed E-state index contributed by atoms with van der Waals surface area (Å²) >= 11 is 12.8. The summed E-state index contributed by atoms with van der Waals surface area (Å²) in [5.41, 5.74) is 8.29. The molecule has 0 atom stereocenters. The van der Waals surface area contributed by atoms with Crippen LogP contribution in [-0.4, -0.2) is 4.98 Å². The normalized spacial score (nSPS) is 10.4. The van der Waals surface area contributed by atoms with Gasteiger partial charge < -0.3 is 11.1 Å². The summed E-state index contributed by atoms with van der Waals surface area (Å²) in [5, 5.41) is 3.87. The molecule has 2 aromatic rings. The molecule has 0 aliphatic carbocycles. The Morgan fingerprint density at radius 1 is 1.33 bits per heavy atom. The fourth-order valence-electron chi connectivity index (χ4n) is 1.39. The first kappa shape index (κ1) is 13.6. The van der Waals surface area contributed by atoms with Crippen LogP contribution >= 0.6 is 43.5 Å². The summed E-state index contributed by atoms with van der Waals surface area (Å²) in [6.45, 7) is 1.93. The zero-order valence-electron chi connectivity index (χ0n) is 9.47.